The van der Waals surface area contributed by atoms with Crippen molar-refractivity contribution in [2.24, 2.45) is 5.92 Å². The van der Waals surface area contributed by atoms with Crippen molar-refractivity contribution < 1.29 is 9.53 Å². The number of hydrogen-bond donors (Lipinski definition) is 2. The lowest BCUT2D eigenvalue weighted by molar-refractivity contribution is -0.121. The number of carbonyl (C=O) groups is 1. The van der Waals surface area contributed by atoms with Crippen LogP contribution in [0.2, 0.25) is 0 Å². The summed E-state index contributed by atoms with van der Waals surface area (Å²) in [6.45, 7) is 8.72. The first-order valence-corrected chi connectivity index (χ1v) is 10.8. The molecule has 0 spiro atoms. The Labute approximate surface area is 172 Å². The van der Waals surface area contributed by atoms with Crippen LogP contribution < -0.4 is 10.9 Å². The van der Waals surface area contributed by atoms with Gasteiger partial charge in [-0.05, 0) is 38.3 Å². The van der Waals surface area contributed by atoms with Crippen LogP contribution in [0.1, 0.15) is 62.8 Å². The van der Waals surface area contributed by atoms with Gasteiger partial charge in [0.15, 0.2) is 0 Å². The standard InChI is InChI=1S/C23H33N3O3/c1-5-7-9-20-16(8-6-2)19(13-29-20)25-21(27)12-17-14(3)22-15(4)24-11-10-18(22)26-23(17)28/h10-11,16,19-20H,5-9,12-13H2,1-4H3,(H,25,27)(H,26,28)/t16?,19-,20?/m0/s1. The van der Waals surface area contributed by atoms with Gasteiger partial charge in [-0.2, -0.15) is 0 Å². The van der Waals surface area contributed by atoms with Crippen LogP contribution in [-0.4, -0.2) is 34.6 Å². The van der Waals surface area contributed by atoms with Crippen LogP contribution in [0.15, 0.2) is 17.1 Å². The van der Waals surface area contributed by atoms with Crippen LogP contribution in [0.4, 0.5) is 0 Å². The molecule has 2 aromatic heterocycles. The maximum absolute atomic E-state index is 12.8. The van der Waals surface area contributed by atoms with E-state index in [-0.39, 0.29) is 30.0 Å². The fourth-order valence-electron chi connectivity index (χ4n) is 4.60. The third kappa shape index (κ3) is 4.69. The average Bonchev–Trinajstić information content (AvgIpc) is 3.05. The topological polar surface area (TPSA) is 84.1 Å². The SMILES string of the molecule is CCCCC1OC[C@H](NC(=O)Cc2c(C)c3c(C)nccc3[nH]c2=O)C1CCC. The molecular weight excluding hydrogens is 366 g/mol. The van der Waals surface area contributed by atoms with E-state index >= 15 is 0 Å². The Hall–Kier alpha value is -2.21. The Morgan fingerprint density at radius 1 is 1.28 bits per heavy atom. The van der Waals surface area contributed by atoms with Crippen LogP contribution in [0.5, 0.6) is 0 Å². The molecule has 158 valence electrons. The second-order valence-electron chi connectivity index (χ2n) is 8.19. The molecule has 1 amide bonds. The number of carbonyl (C=O) groups excluding carboxylic acids is 1. The predicted octanol–water partition coefficient (Wildman–Crippen LogP) is 3.57. The van der Waals surface area contributed by atoms with Gasteiger partial charge in [0.05, 0.1) is 30.7 Å². The van der Waals surface area contributed by atoms with Crippen molar-refractivity contribution in [2.75, 3.05) is 6.61 Å². The first-order valence-electron chi connectivity index (χ1n) is 10.8. The molecule has 1 saturated heterocycles. The summed E-state index contributed by atoms with van der Waals surface area (Å²) in [6, 6.07) is 1.81. The Kier molecular flexibility index (Phi) is 7.06. The number of aromatic nitrogens is 2. The van der Waals surface area contributed by atoms with Crippen molar-refractivity contribution in [1.82, 2.24) is 15.3 Å². The van der Waals surface area contributed by atoms with Gasteiger partial charge in [0.1, 0.15) is 0 Å². The molecule has 1 aliphatic heterocycles. The summed E-state index contributed by atoms with van der Waals surface area (Å²) in [6.07, 6.45) is 7.42. The molecule has 0 aromatic carbocycles. The lowest BCUT2D eigenvalue weighted by atomic mass is 9.89. The number of pyridine rings is 2. The molecule has 3 heterocycles. The number of aryl methyl sites for hydroxylation is 2. The minimum Gasteiger partial charge on any atom is -0.376 e. The first kappa shape index (κ1) is 21.5. The first-order chi connectivity index (χ1) is 14.0. The minimum absolute atomic E-state index is 0.0209. The molecule has 6 nitrogen and oxygen atoms in total. The number of nitrogens with zero attached hydrogens (tertiary/aromatic N) is 1. The summed E-state index contributed by atoms with van der Waals surface area (Å²) in [5.41, 5.74) is 2.75. The number of nitrogens with one attached hydrogen (secondary N) is 2. The van der Waals surface area contributed by atoms with E-state index in [0.29, 0.717) is 18.1 Å². The molecule has 0 saturated carbocycles. The largest absolute Gasteiger partial charge is 0.376 e. The van der Waals surface area contributed by atoms with Gasteiger partial charge in [-0.3, -0.25) is 14.6 Å². The average molecular weight is 400 g/mol. The number of aromatic amines is 1. The van der Waals surface area contributed by atoms with Gasteiger partial charge in [0, 0.05) is 28.8 Å². The van der Waals surface area contributed by atoms with Crippen molar-refractivity contribution in [2.45, 2.75) is 78.4 Å². The summed E-state index contributed by atoms with van der Waals surface area (Å²) in [4.78, 5) is 32.6. The predicted molar refractivity (Wildman–Crippen MR) is 115 cm³/mol. The Morgan fingerprint density at radius 2 is 2.07 bits per heavy atom. The molecule has 2 N–H and O–H groups in total. The van der Waals surface area contributed by atoms with E-state index in [1.165, 1.54) is 0 Å². The quantitative estimate of drug-likeness (QED) is 0.711. The van der Waals surface area contributed by atoms with E-state index in [4.69, 9.17) is 4.74 Å². The number of fused-ring (bicyclic) bond motifs is 1. The van der Waals surface area contributed by atoms with E-state index in [1.54, 1.807) is 12.3 Å². The molecule has 0 aliphatic carbocycles. The highest BCUT2D eigenvalue weighted by Crippen LogP contribution is 2.29. The summed E-state index contributed by atoms with van der Waals surface area (Å²) in [5, 5.41) is 4.07. The lowest BCUT2D eigenvalue weighted by Crippen LogP contribution is -2.42. The molecule has 29 heavy (non-hydrogen) atoms. The summed E-state index contributed by atoms with van der Waals surface area (Å²) in [7, 11) is 0. The Balaban J connectivity index is 1.75. The van der Waals surface area contributed by atoms with Crippen LogP contribution in [0.3, 0.4) is 0 Å². The Bertz CT molecular complexity index is 921. The van der Waals surface area contributed by atoms with E-state index in [2.05, 4.69) is 29.1 Å². The van der Waals surface area contributed by atoms with Crippen LogP contribution in [-0.2, 0) is 16.0 Å². The minimum atomic E-state index is -0.204. The number of rotatable bonds is 8. The number of amides is 1. The molecule has 0 bridgehead atoms. The molecule has 1 fully saturated rings. The number of H-pyrrole nitrogens is 1. The van der Waals surface area contributed by atoms with Gasteiger partial charge >= 0.3 is 0 Å². The van der Waals surface area contributed by atoms with Gasteiger partial charge in [0.2, 0.25) is 5.91 Å². The maximum Gasteiger partial charge on any atom is 0.252 e. The van der Waals surface area contributed by atoms with E-state index in [1.807, 2.05) is 13.8 Å². The molecule has 2 unspecified atom stereocenters. The third-order valence-corrected chi connectivity index (χ3v) is 6.12. The van der Waals surface area contributed by atoms with E-state index in [9.17, 15) is 9.59 Å². The number of unbranched alkanes of at least 4 members (excludes halogenated alkanes) is 1. The van der Waals surface area contributed by atoms with Crippen LogP contribution >= 0.6 is 0 Å². The highest BCUT2D eigenvalue weighted by molar-refractivity contribution is 5.87. The van der Waals surface area contributed by atoms with Gasteiger partial charge in [-0.25, -0.2) is 0 Å². The van der Waals surface area contributed by atoms with Crippen LogP contribution in [0.25, 0.3) is 10.9 Å². The molecule has 2 aromatic rings. The molecule has 3 rings (SSSR count). The summed E-state index contributed by atoms with van der Waals surface area (Å²) < 4.78 is 6.01. The van der Waals surface area contributed by atoms with Crippen molar-refractivity contribution in [1.29, 1.82) is 0 Å². The smallest absolute Gasteiger partial charge is 0.252 e. The monoisotopic (exact) mass is 399 g/mol. The van der Waals surface area contributed by atoms with Crippen LogP contribution in [0, 0.1) is 19.8 Å². The zero-order valence-corrected chi connectivity index (χ0v) is 18.0. The Morgan fingerprint density at radius 3 is 2.79 bits per heavy atom. The van der Waals surface area contributed by atoms with E-state index < -0.39 is 0 Å². The second kappa shape index (κ2) is 9.53. The summed E-state index contributed by atoms with van der Waals surface area (Å²) >= 11 is 0. The number of hydrogen-bond acceptors (Lipinski definition) is 4. The second-order valence-corrected chi connectivity index (χ2v) is 8.19. The zero-order valence-electron chi connectivity index (χ0n) is 18.0. The van der Waals surface area contributed by atoms with Gasteiger partial charge < -0.3 is 15.0 Å². The summed E-state index contributed by atoms with van der Waals surface area (Å²) in [5.74, 6) is 0.225. The fourth-order valence-corrected chi connectivity index (χ4v) is 4.60. The van der Waals surface area contributed by atoms with Gasteiger partial charge in [0.25, 0.3) is 5.56 Å². The van der Waals surface area contributed by atoms with Gasteiger partial charge in [-0.15, -0.1) is 0 Å². The molecular formula is C23H33N3O3. The van der Waals surface area contributed by atoms with E-state index in [0.717, 1.165) is 54.3 Å². The number of ether oxygens (including phenoxy) is 1. The highest BCUT2D eigenvalue weighted by atomic mass is 16.5. The maximum atomic E-state index is 12.8. The normalized spacial score (nSPS) is 21.6. The zero-order chi connectivity index (χ0) is 21.0. The van der Waals surface area contributed by atoms with Crippen molar-refractivity contribution in [3.63, 3.8) is 0 Å². The van der Waals surface area contributed by atoms with Gasteiger partial charge in [-0.1, -0.05) is 33.1 Å². The molecule has 6 heteroatoms. The molecule has 1 aliphatic rings. The van der Waals surface area contributed by atoms with Crippen molar-refractivity contribution in [3.8, 4) is 0 Å². The van der Waals surface area contributed by atoms with Crippen molar-refractivity contribution in [3.05, 3.63) is 39.4 Å². The fraction of sp³-hybridized carbons (Fsp3) is 0.609. The lowest BCUT2D eigenvalue weighted by Gasteiger charge is -2.23. The third-order valence-electron chi connectivity index (χ3n) is 6.12. The molecule has 3 atom stereocenters. The highest BCUT2D eigenvalue weighted by Gasteiger charge is 2.36. The van der Waals surface area contributed by atoms with Crippen molar-refractivity contribution >= 4 is 16.8 Å². The molecule has 0 radical (unpaired) electrons.